The van der Waals surface area contributed by atoms with Gasteiger partial charge in [-0.15, -0.1) is 0 Å². The number of para-hydroxylation sites is 1. The van der Waals surface area contributed by atoms with Gasteiger partial charge in [-0.25, -0.2) is 4.79 Å². The van der Waals surface area contributed by atoms with Gasteiger partial charge in [0.1, 0.15) is 11.8 Å². The van der Waals surface area contributed by atoms with Gasteiger partial charge in [-0.2, -0.15) is 8.78 Å². The number of carboxylic acid groups (broad SMARTS) is 1. The minimum atomic E-state index is -3.06. The number of carbonyl (C=O) groups is 2. The van der Waals surface area contributed by atoms with Crippen molar-refractivity contribution in [3.63, 3.8) is 0 Å². The first-order chi connectivity index (χ1) is 9.38. The van der Waals surface area contributed by atoms with E-state index >= 15 is 0 Å². The molecule has 0 saturated carbocycles. The molecular weight excluding hydrogens is 272 g/mol. The molecule has 1 N–H and O–H groups in total. The molecule has 1 rings (SSSR count). The van der Waals surface area contributed by atoms with E-state index in [2.05, 4.69) is 4.74 Å². The lowest BCUT2D eigenvalue weighted by Crippen LogP contribution is -2.42. The summed E-state index contributed by atoms with van der Waals surface area (Å²) in [6.45, 7) is -1.44. The largest absolute Gasteiger partial charge is 0.480 e. The van der Waals surface area contributed by atoms with Gasteiger partial charge in [0.25, 0.3) is 5.91 Å². The Labute approximate surface area is 114 Å². The summed E-state index contributed by atoms with van der Waals surface area (Å²) in [5.41, 5.74) is -0.102. The molecule has 1 unspecified atom stereocenters. The summed E-state index contributed by atoms with van der Waals surface area (Å²) in [5, 5.41) is 9.01. The molecule has 1 atom stereocenters. The third-order valence-corrected chi connectivity index (χ3v) is 2.79. The van der Waals surface area contributed by atoms with E-state index in [1.165, 1.54) is 31.3 Å². The maximum absolute atomic E-state index is 12.3. The molecule has 1 aromatic rings. The summed E-state index contributed by atoms with van der Waals surface area (Å²) in [5.74, 6) is -2.12. The molecule has 0 saturated heterocycles. The predicted molar refractivity (Wildman–Crippen MR) is 66.9 cm³/mol. The summed E-state index contributed by atoms with van der Waals surface area (Å²) >= 11 is 0. The average molecular weight is 287 g/mol. The van der Waals surface area contributed by atoms with Gasteiger partial charge >= 0.3 is 12.6 Å². The van der Waals surface area contributed by atoms with Crippen molar-refractivity contribution in [2.24, 2.45) is 0 Å². The van der Waals surface area contributed by atoms with Crippen LogP contribution in [0.5, 0.6) is 5.75 Å². The first-order valence-corrected chi connectivity index (χ1v) is 5.92. The maximum Gasteiger partial charge on any atom is 0.387 e. The molecule has 0 fully saturated rings. The van der Waals surface area contributed by atoms with E-state index in [4.69, 9.17) is 5.11 Å². The van der Waals surface area contributed by atoms with Crippen LogP contribution >= 0.6 is 0 Å². The molecule has 0 heterocycles. The second-order valence-corrected chi connectivity index (χ2v) is 4.05. The molecule has 7 heteroatoms. The summed E-state index contributed by atoms with van der Waals surface area (Å²) < 4.78 is 28.8. The number of alkyl halides is 2. The topological polar surface area (TPSA) is 66.8 Å². The molecule has 0 radical (unpaired) electrons. The number of amides is 1. The van der Waals surface area contributed by atoms with Crippen molar-refractivity contribution in [3.05, 3.63) is 29.8 Å². The van der Waals surface area contributed by atoms with Crippen molar-refractivity contribution in [1.82, 2.24) is 4.90 Å². The van der Waals surface area contributed by atoms with E-state index in [0.29, 0.717) is 0 Å². The van der Waals surface area contributed by atoms with Gasteiger partial charge in [0.15, 0.2) is 0 Å². The van der Waals surface area contributed by atoms with Crippen LogP contribution in [0.1, 0.15) is 23.7 Å². The van der Waals surface area contributed by atoms with Crippen LogP contribution in [0.2, 0.25) is 0 Å². The van der Waals surface area contributed by atoms with E-state index in [0.717, 1.165) is 4.90 Å². The fourth-order valence-corrected chi connectivity index (χ4v) is 1.79. The number of rotatable bonds is 6. The zero-order chi connectivity index (χ0) is 15.3. The van der Waals surface area contributed by atoms with E-state index in [9.17, 15) is 18.4 Å². The lowest BCUT2D eigenvalue weighted by atomic mass is 10.1. The Balaban J connectivity index is 3.05. The molecule has 0 aromatic heterocycles. The Morgan fingerprint density at radius 1 is 1.35 bits per heavy atom. The number of carbonyl (C=O) groups excluding carboxylic acids is 1. The zero-order valence-corrected chi connectivity index (χ0v) is 11.0. The van der Waals surface area contributed by atoms with E-state index in [-0.39, 0.29) is 17.7 Å². The quantitative estimate of drug-likeness (QED) is 0.871. The number of hydrogen-bond donors (Lipinski definition) is 1. The summed E-state index contributed by atoms with van der Waals surface area (Å²) in [6, 6.07) is 4.45. The van der Waals surface area contributed by atoms with Crippen LogP contribution < -0.4 is 4.74 Å². The summed E-state index contributed by atoms with van der Waals surface area (Å²) in [4.78, 5) is 24.2. The highest BCUT2D eigenvalue weighted by molar-refractivity contribution is 5.98. The highest BCUT2D eigenvalue weighted by Crippen LogP contribution is 2.22. The van der Waals surface area contributed by atoms with Crippen LogP contribution in [0.4, 0.5) is 8.78 Å². The standard InChI is InChI=1S/C13H15F2NO4/c1-3-9(12(18)19)16(2)11(17)8-6-4-5-7-10(8)20-13(14)15/h4-7,9,13H,3H2,1-2H3,(H,18,19). The molecule has 20 heavy (non-hydrogen) atoms. The van der Waals surface area contributed by atoms with Gasteiger partial charge in [-0.3, -0.25) is 4.79 Å². The van der Waals surface area contributed by atoms with Gasteiger partial charge < -0.3 is 14.7 Å². The van der Waals surface area contributed by atoms with Gasteiger partial charge in [-0.05, 0) is 18.6 Å². The smallest absolute Gasteiger partial charge is 0.387 e. The Bertz CT molecular complexity index is 493. The van der Waals surface area contributed by atoms with E-state index in [1.54, 1.807) is 6.92 Å². The SMILES string of the molecule is CCC(C(=O)O)N(C)C(=O)c1ccccc1OC(F)F. The molecule has 110 valence electrons. The molecule has 0 spiro atoms. The van der Waals surface area contributed by atoms with Crippen molar-refractivity contribution < 1.29 is 28.2 Å². The number of halogens is 2. The molecule has 0 aliphatic carbocycles. The van der Waals surface area contributed by atoms with E-state index in [1.807, 2.05) is 0 Å². The first-order valence-electron chi connectivity index (χ1n) is 5.92. The molecule has 1 aromatic carbocycles. The number of nitrogens with zero attached hydrogens (tertiary/aromatic N) is 1. The average Bonchev–Trinajstić information content (AvgIpc) is 2.38. The Morgan fingerprint density at radius 3 is 2.45 bits per heavy atom. The van der Waals surface area contributed by atoms with Crippen LogP contribution in [-0.2, 0) is 4.79 Å². The van der Waals surface area contributed by atoms with Gasteiger partial charge in [0.05, 0.1) is 5.56 Å². The highest BCUT2D eigenvalue weighted by Gasteiger charge is 2.27. The van der Waals surface area contributed by atoms with Crippen molar-refractivity contribution in [2.45, 2.75) is 26.0 Å². The number of likely N-dealkylation sites (N-methyl/N-ethyl adjacent to an activating group) is 1. The van der Waals surface area contributed by atoms with Crippen molar-refractivity contribution in [1.29, 1.82) is 0 Å². The number of aliphatic carboxylic acids is 1. The van der Waals surface area contributed by atoms with Crippen LogP contribution in [0.15, 0.2) is 24.3 Å². The van der Waals surface area contributed by atoms with Gasteiger partial charge in [0, 0.05) is 7.05 Å². The van der Waals surface area contributed by atoms with Crippen LogP contribution in [-0.4, -0.2) is 41.6 Å². The van der Waals surface area contributed by atoms with Gasteiger partial charge in [0.2, 0.25) is 0 Å². The Kier molecular flexibility index (Phi) is 5.42. The Hall–Kier alpha value is -2.18. The lowest BCUT2D eigenvalue weighted by Gasteiger charge is -2.24. The zero-order valence-electron chi connectivity index (χ0n) is 11.0. The van der Waals surface area contributed by atoms with Gasteiger partial charge in [-0.1, -0.05) is 19.1 Å². The monoisotopic (exact) mass is 287 g/mol. The molecule has 5 nitrogen and oxygen atoms in total. The van der Waals surface area contributed by atoms with Crippen LogP contribution in [0, 0.1) is 0 Å². The predicted octanol–water partition coefficient (Wildman–Crippen LogP) is 2.22. The molecule has 0 aliphatic rings. The second-order valence-electron chi connectivity index (χ2n) is 4.05. The fraction of sp³-hybridized carbons (Fsp3) is 0.385. The highest BCUT2D eigenvalue weighted by atomic mass is 19.3. The third kappa shape index (κ3) is 3.66. The molecule has 0 bridgehead atoms. The molecule has 0 aliphatic heterocycles. The second kappa shape index (κ2) is 6.83. The fourth-order valence-electron chi connectivity index (χ4n) is 1.79. The van der Waals surface area contributed by atoms with E-state index < -0.39 is 24.5 Å². The lowest BCUT2D eigenvalue weighted by molar-refractivity contribution is -0.142. The third-order valence-electron chi connectivity index (χ3n) is 2.79. The minimum Gasteiger partial charge on any atom is -0.480 e. The van der Waals surface area contributed by atoms with Crippen LogP contribution in [0.3, 0.4) is 0 Å². The normalized spacial score (nSPS) is 12.1. The van der Waals surface area contributed by atoms with Crippen LogP contribution in [0.25, 0.3) is 0 Å². The van der Waals surface area contributed by atoms with Crippen molar-refractivity contribution >= 4 is 11.9 Å². The molecular formula is C13H15F2NO4. The number of benzene rings is 1. The number of ether oxygens (including phenoxy) is 1. The molecule has 1 amide bonds. The number of carboxylic acids is 1. The summed E-state index contributed by atoms with van der Waals surface area (Å²) in [6.07, 6.45) is 0.204. The van der Waals surface area contributed by atoms with Crippen molar-refractivity contribution in [2.75, 3.05) is 7.05 Å². The Morgan fingerprint density at radius 2 is 1.95 bits per heavy atom. The van der Waals surface area contributed by atoms with Crippen molar-refractivity contribution in [3.8, 4) is 5.75 Å². The maximum atomic E-state index is 12.3. The minimum absolute atomic E-state index is 0.102. The number of hydrogen-bond acceptors (Lipinski definition) is 3. The summed E-state index contributed by atoms with van der Waals surface area (Å²) in [7, 11) is 1.31. The first kappa shape index (κ1) is 15.9.